The highest BCUT2D eigenvalue weighted by Crippen LogP contribution is 1.85. The minimum atomic E-state index is -0.120. The number of hydrogen-bond acceptors (Lipinski definition) is 2. The molecule has 0 aliphatic carbocycles. The second-order valence-corrected chi connectivity index (χ2v) is 1.85. The third kappa shape index (κ3) is 4.94. The predicted octanol–water partition coefficient (Wildman–Crippen LogP) is 1.11. The number of hydrogen-bond donors (Lipinski definition) is 0. The molecule has 0 radical (unpaired) electrons. The van der Waals surface area contributed by atoms with Crippen LogP contribution in [0.2, 0.25) is 0 Å². The van der Waals surface area contributed by atoms with E-state index in [1.165, 1.54) is 13.0 Å². The monoisotopic (exact) mass is 126 g/mol. The van der Waals surface area contributed by atoms with E-state index in [1.54, 1.807) is 13.0 Å². The van der Waals surface area contributed by atoms with Crippen LogP contribution in [0.1, 0.15) is 20.3 Å². The van der Waals surface area contributed by atoms with E-state index in [2.05, 4.69) is 0 Å². The zero-order valence-electron chi connectivity index (χ0n) is 5.68. The molecule has 0 rings (SSSR count). The Hall–Kier alpha value is -0.920. The predicted molar refractivity (Wildman–Crippen MR) is 35.1 cm³/mol. The highest BCUT2D eigenvalue weighted by atomic mass is 16.1. The van der Waals surface area contributed by atoms with E-state index in [1.807, 2.05) is 0 Å². The van der Waals surface area contributed by atoms with Crippen LogP contribution in [0.5, 0.6) is 0 Å². The Bertz CT molecular complexity index is 145. The molecule has 0 saturated carbocycles. The van der Waals surface area contributed by atoms with Crippen LogP contribution in [-0.4, -0.2) is 11.6 Å². The first-order valence-corrected chi connectivity index (χ1v) is 2.81. The molecule has 0 saturated heterocycles. The number of ketones is 2. The Balaban J connectivity index is 3.64. The van der Waals surface area contributed by atoms with E-state index in [4.69, 9.17) is 0 Å². The zero-order valence-corrected chi connectivity index (χ0v) is 5.68. The molecule has 0 aliphatic heterocycles. The fraction of sp³-hybridized carbons (Fsp3) is 0.429. The van der Waals surface area contributed by atoms with Crippen molar-refractivity contribution in [1.29, 1.82) is 0 Å². The molecule has 0 amide bonds. The Morgan fingerprint density at radius 2 is 2.00 bits per heavy atom. The van der Waals surface area contributed by atoms with Gasteiger partial charge >= 0.3 is 0 Å². The van der Waals surface area contributed by atoms with Crippen molar-refractivity contribution in [3.8, 4) is 0 Å². The first kappa shape index (κ1) is 8.08. The average Bonchev–Trinajstić information content (AvgIpc) is 1.63. The lowest BCUT2D eigenvalue weighted by Gasteiger charge is -1.85. The van der Waals surface area contributed by atoms with E-state index >= 15 is 0 Å². The van der Waals surface area contributed by atoms with E-state index < -0.39 is 0 Å². The molecule has 0 fully saturated rings. The van der Waals surface area contributed by atoms with Gasteiger partial charge in [0.25, 0.3) is 0 Å². The van der Waals surface area contributed by atoms with Crippen molar-refractivity contribution in [2.24, 2.45) is 0 Å². The molecule has 0 aromatic carbocycles. The topological polar surface area (TPSA) is 34.1 Å². The molecule has 0 aliphatic rings. The van der Waals surface area contributed by atoms with Crippen LogP contribution in [0, 0.1) is 0 Å². The lowest BCUT2D eigenvalue weighted by atomic mass is 10.2. The van der Waals surface area contributed by atoms with Crippen molar-refractivity contribution in [2.45, 2.75) is 20.3 Å². The number of carbonyl (C=O) groups excluding carboxylic acids is 2. The Morgan fingerprint density at radius 1 is 1.44 bits per heavy atom. The van der Waals surface area contributed by atoms with Gasteiger partial charge in [-0.05, 0) is 19.9 Å². The van der Waals surface area contributed by atoms with Crippen molar-refractivity contribution in [1.82, 2.24) is 0 Å². The van der Waals surface area contributed by atoms with Crippen molar-refractivity contribution < 1.29 is 9.59 Å². The summed E-state index contributed by atoms with van der Waals surface area (Å²) in [7, 11) is 0. The minimum absolute atomic E-state index is 0.0321. The number of carbonyl (C=O) groups is 2. The molecular formula is C7H10O2. The molecular weight excluding hydrogens is 116 g/mol. The molecule has 0 bridgehead atoms. The second kappa shape index (κ2) is 4.01. The maximum absolute atomic E-state index is 10.5. The first-order chi connectivity index (χ1) is 4.16. The molecule has 0 heterocycles. The van der Waals surface area contributed by atoms with Crippen molar-refractivity contribution in [3.63, 3.8) is 0 Å². The maximum Gasteiger partial charge on any atom is 0.162 e. The zero-order chi connectivity index (χ0) is 7.28. The summed E-state index contributed by atoms with van der Waals surface area (Å²) < 4.78 is 0. The van der Waals surface area contributed by atoms with E-state index in [9.17, 15) is 9.59 Å². The highest BCUT2D eigenvalue weighted by molar-refractivity contribution is 6.03. The quantitative estimate of drug-likeness (QED) is 0.419. The van der Waals surface area contributed by atoms with Crippen LogP contribution in [0.3, 0.4) is 0 Å². The van der Waals surface area contributed by atoms with E-state index in [0.717, 1.165) is 0 Å². The highest BCUT2D eigenvalue weighted by Gasteiger charge is 1.98. The average molecular weight is 126 g/mol. The van der Waals surface area contributed by atoms with Gasteiger partial charge in [0, 0.05) is 0 Å². The summed E-state index contributed by atoms with van der Waals surface area (Å²) >= 11 is 0. The smallest absolute Gasteiger partial charge is 0.162 e. The summed E-state index contributed by atoms with van der Waals surface area (Å²) in [6.45, 7) is 3.15. The van der Waals surface area contributed by atoms with E-state index in [-0.39, 0.29) is 18.0 Å². The van der Waals surface area contributed by atoms with Gasteiger partial charge in [-0.15, -0.1) is 0 Å². The molecule has 9 heavy (non-hydrogen) atoms. The van der Waals surface area contributed by atoms with Gasteiger partial charge < -0.3 is 0 Å². The minimum Gasteiger partial charge on any atom is -0.300 e. The second-order valence-electron chi connectivity index (χ2n) is 1.85. The van der Waals surface area contributed by atoms with Gasteiger partial charge in [-0.3, -0.25) is 9.59 Å². The van der Waals surface area contributed by atoms with Crippen molar-refractivity contribution in [2.75, 3.05) is 0 Å². The van der Waals surface area contributed by atoms with E-state index in [0.29, 0.717) is 0 Å². The number of Topliss-reactive ketones (excluding diaryl/α,β-unsaturated/α-hetero) is 1. The van der Waals surface area contributed by atoms with Crippen LogP contribution in [0.25, 0.3) is 0 Å². The van der Waals surface area contributed by atoms with Gasteiger partial charge in [0.1, 0.15) is 5.78 Å². The lowest BCUT2D eigenvalue weighted by Crippen LogP contribution is -1.99. The number of allylic oxidation sites excluding steroid dienone is 2. The molecule has 2 nitrogen and oxygen atoms in total. The van der Waals surface area contributed by atoms with Gasteiger partial charge in [-0.25, -0.2) is 0 Å². The summed E-state index contributed by atoms with van der Waals surface area (Å²) in [5, 5.41) is 0. The van der Waals surface area contributed by atoms with Gasteiger partial charge in [0.05, 0.1) is 6.42 Å². The van der Waals surface area contributed by atoms with Crippen LogP contribution >= 0.6 is 0 Å². The van der Waals surface area contributed by atoms with Crippen LogP contribution in [0.4, 0.5) is 0 Å². The molecule has 50 valence electrons. The molecule has 0 atom stereocenters. The largest absolute Gasteiger partial charge is 0.300 e. The van der Waals surface area contributed by atoms with Gasteiger partial charge in [0.15, 0.2) is 5.78 Å². The van der Waals surface area contributed by atoms with Crippen LogP contribution < -0.4 is 0 Å². The first-order valence-electron chi connectivity index (χ1n) is 2.81. The van der Waals surface area contributed by atoms with Gasteiger partial charge in [-0.1, -0.05) is 6.08 Å². The summed E-state index contributed by atoms with van der Waals surface area (Å²) in [4.78, 5) is 20.8. The summed E-state index contributed by atoms with van der Waals surface area (Å²) in [6, 6.07) is 0. The van der Waals surface area contributed by atoms with Crippen LogP contribution in [-0.2, 0) is 9.59 Å². The molecule has 0 aromatic heterocycles. The molecule has 0 aromatic rings. The molecule has 0 unspecified atom stereocenters. The fourth-order valence-corrected chi connectivity index (χ4v) is 0.490. The molecule has 2 heteroatoms. The molecule has 0 spiro atoms. The Labute approximate surface area is 54.6 Å². The maximum atomic E-state index is 10.5. The SMILES string of the molecule is CC=CC(=O)CC(C)=O. The normalized spacial score (nSPS) is 10.0. The van der Waals surface area contributed by atoms with Crippen molar-refractivity contribution in [3.05, 3.63) is 12.2 Å². The summed E-state index contributed by atoms with van der Waals surface area (Å²) in [5.74, 6) is -0.205. The fourth-order valence-electron chi connectivity index (χ4n) is 0.490. The lowest BCUT2D eigenvalue weighted by molar-refractivity contribution is -0.123. The Kier molecular flexibility index (Phi) is 3.60. The van der Waals surface area contributed by atoms with Crippen molar-refractivity contribution >= 4 is 11.6 Å². The molecule has 0 N–H and O–H groups in total. The third-order valence-corrected chi connectivity index (χ3v) is 0.776. The Morgan fingerprint density at radius 3 is 2.33 bits per heavy atom. The van der Waals surface area contributed by atoms with Crippen LogP contribution in [0.15, 0.2) is 12.2 Å². The number of rotatable bonds is 3. The standard InChI is InChI=1S/C7H10O2/c1-3-4-7(9)5-6(2)8/h3-4H,5H2,1-2H3. The van der Waals surface area contributed by atoms with Gasteiger partial charge in [-0.2, -0.15) is 0 Å². The third-order valence-electron chi connectivity index (χ3n) is 0.776. The summed E-state index contributed by atoms with van der Waals surface area (Å²) in [6.07, 6.45) is 3.07. The van der Waals surface area contributed by atoms with Gasteiger partial charge in [0.2, 0.25) is 0 Å². The summed E-state index contributed by atoms with van der Waals surface area (Å²) in [5.41, 5.74) is 0.